The Morgan fingerprint density at radius 3 is 1.25 bits per heavy atom. The number of benzene rings is 4. The predicted octanol–water partition coefficient (Wildman–Crippen LogP) is 6.68. The molecule has 156 valence electrons. The quantitative estimate of drug-likeness (QED) is 0.155. The van der Waals surface area contributed by atoms with Gasteiger partial charge in [0.1, 0.15) is 0 Å². The van der Waals surface area contributed by atoms with Crippen LogP contribution < -0.4 is 10.4 Å². The van der Waals surface area contributed by atoms with Crippen LogP contribution in [0.2, 0.25) is 0 Å². The van der Waals surface area contributed by atoms with Crippen LogP contribution in [0.25, 0.3) is 21.5 Å². The molecule has 0 atom stereocenters. The van der Waals surface area contributed by atoms with Crippen LogP contribution in [-0.4, -0.2) is 5.49 Å². The molecule has 0 spiro atoms. The van der Waals surface area contributed by atoms with E-state index in [1.54, 1.807) is 0 Å². The van der Waals surface area contributed by atoms with Crippen molar-refractivity contribution in [2.24, 2.45) is 0 Å². The van der Waals surface area contributed by atoms with E-state index in [0.717, 1.165) is 0 Å². The Morgan fingerprint density at radius 1 is 0.469 bits per heavy atom. The Kier molecular flexibility index (Phi) is 8.19. The molecule has 6 aromatic carbocycles. The molecule has 0 unspecified atom stereocenters. The van der Waals surface area contributed by atoms with Gasteiger partial charge in [0.15, 0.2) is 0 Å². The van der Waals surface area contributed by atoms with Crippen molar-refractivity contribution in [1.82, 2.24) is 0 Å². The van der Waals surface area contributed by atoms with Crippen molar-refractivity contribution in [1.29, 1.82) is 0 Å². The molecule has 0 aromatic heterocycles. The predicted molar refractivity (Wildman–Crippen MR) is 139 cm³/mol. The Balaban J connectivity index is 0.000000181. The van der Waals surface area contributed by atoms with Gasteiger partial charge in [0, 0.05) is 0 Å². The Hall–Kier alpha value is -2.81. The summed E-state index contributed by atoms with van der Waals surface area (Å²) in [6.45, 7) is 0. The van der Waals surface area contributed by atoms with Gasteiger partial charge in [-0.3, -0.25) is 0 Å². The normalized spacial score (nSPS) is 10.1. The van der Waals surface area contributed by atoms with Gasteiger partial charge in [0.2, 0.25) is 0 Å². The minimum Gasteiger partial charge on any atom is -0.168 e. The van der Waals surface area contributed by atoms with E-state index >= 15 is 0 Å². The summed E-state index contributed by atoms with van der Waals surface area (Å²) in [5.41, 5.74) is -0.406. The first-order valence-corrected chi connectivity index (χ1v) is 17.6. The molecule has 32 heavy (non-hydrogen) atoms. The fourth-order valence-corrected chi connectivity index (χ4v) is 8.49. The molecule has 0 aliphatic heterocycles. The van der Waals surface area contributed by atoms with E-state index in [1.165, 1.54) is 54.9 Å². The van der Waals surface area contributed by atoms with Crippen LogP contribution in [0.15, 0.2) is 146 Å². The summed E-state index contributed by atoms with van der Waals surface area (Å²) >= 11 is 1.27. The molecule has 0 fully saturated rings. The van der Waals surface area contributed by atoms with Gasteiger partial charge < -0.3 is 2.85 Å². The summed E-state index contributed by atoms with van der Waals surface area (Å²) in [6, 6.07) is 51.1. The maximum atomic E-state index is 2.26. The maximum absolute atomic E-state index is 2.26. The van der Waals surface area contributed by atoms with Crippen molar-refractivity contribution >= 4 is 37.4 Å². The van der Waals surface area contributed by atoms with E-state index in [-0.39, 0.29) is 2.85 Å². The summed E-state index contributed by atoms with van der Waals surface area (Å²) in [5, 5.41) is 8.40. The molecule has 0 amide bonds. The molecule has 0 nitrogen and oxygen atoms in total. The van der Waals surface area contributed by atoms with Gasteiger partial charge >= 0.3 is 99.5 Å². The van der Waals surface area contributed by atoms with Crippen molar-refractivity contribution in [2.75, 3.05) is 0 Å². The molecular weight excluding hydrogens is 567 g/mol. The van der Waals surface area contributed by atoms with Crippen molar-refractivity contribution in [3.63, 3.8) is 0 Å². The zero-order chi connectivity index (χ0) is 22.0. The van der Waals surface area contributed by atoms with Crippen LogP contribution in [0.5, 0.6) is 0 Å². The average Bonchev–Trinajstić information content (AvgIpc) is 3.55. The molecule has 0 radical (unpaired) electrons. The monoisotopic (exact) mass is 594 g/mol. The van der Waals surface area contributed by atoms with E-state index in [0.29, 0.717) is 0 Å². The molecule has 0 saturated carbocycles. The summed E-state index contributed by atoms with van der Waals surface area (Å²) in [6.07, 6.45) is 0. The standard InChI is InChI=1S/C12H10Si.2C9H7.Hf.2H/c1-3-7-11(8-4-1)13-12-9-5-2-6-10-12;2*1-2-5-9-7-3-6-8(9)4-1;;;/h1-10H;2*1-7H;;;/q;2*-1;+2;2*-1. The summed E-state index contributed by atoms with van der Waals surface area (Å²) in [7, 11) is 0. The van der Waals surface area contributed by atoms with Gasteiger partial charge in [0.05, 0.1) is 0 Å². The van der Waals surface area contributed by atoms with Gasteiger partial charge in [0.25, 0.3) is 0 Å². The number of fused-ring (bicyclic) bond motifs is 2. The second kappa shape index (κ2) is 11.7. The van der Waals surface area contributed by atoms with Crippen molar-refractivity contribution in [3.8, 4) is 0 Å². The molecule has 6 aromatic rings. The minimum atomic E-state index is -0.406. The molecular formula is C30H26HfSi-2. The second-order valence-corrected chi connectivity index (χ2v) is 14.7. The summed E-state index contributed by atoms with van der Waals surface area (Å²) in [5.74, 6) is 0. The van der Waals surface area contributed by atoms with E-state index in [4.69, 9.17) is 0 Å². The largest absolute Gasteiger partial charge is 0.168 e. The van der Waals surface area contributed by atoms with E-state index < -0.39 is 5.49 Å². The SMILES string of the molecule is [H-].[H-].[Hf+2]=[Si](c1ccccc1)c1ccccc1.c1ccc2[cH-]ccc2c1.c1ccc2[cH-]ccc2c1. The molecule has 0 aliphatic rings. The minimum absolute atomic E-state index is 0. The molecule has 0 heterocycles. The molecule has 6 rings (SSSR count). The van der Waals surface area contributed by atoms with Crippen molar-refractivity contribution in [3.05, 3.63) is 146 Å². The van der Waals surface area contributed by atoms with Crippen LogP contribution in [0, 0.1) is 0 Å². The van der Waals surface area contributed by atoms with Crippen molar-refractivity contribution < 1.29 is 25.9 Å². The van der Waals surface area contributed by atoms with Gasteiger partial charge in [-0.2, -0.15) is 35.0 Å². The number of rotatable bonds is 2. The van der Waals surface area contributed by atoms with E-state index in [2.05, 4.69) is 146 Å². The zero-order valence-corrected chi connectivity index (χ0v) is 22.4. The van der Waals surface area contributed by atoms with Gasteiger partial charge in [-0.25, -0.2) is 0 Å². The third-order valence-electron chi connectivity index (χ3n) is 5.22. The van der Waals surface area contributed by atoms with E-state index in [1.807, 2.05) is 0 Å². The fourth-order valence-electron chi connectivity index (χ4n) is 3.52. The molecule has 0 aliphatic carbocycles. The zero-order valence-electron chi connectivity index (χ0n) is 19.9. The van der Waals surface area contributed by atoms with E-state index in [9.17, 15) is 0 Å². The van der Waals surface area contributed by atoms with Crippen LogP contribution in [0.3, 0.4) is 0 Å². The first-order valence-electron chi connectivity index (χ1n) is 10.7. The smallest absolute Gasteiger partial charge is 0.0809 e. The third kappa shape index (κ3) is 6.12. The topological polar surface area (TPSA) is 0 Å². The Morgan fingerprint density at radius 2 is 0.844 bits per heavy atom. The first-order chi connectivity index (χ1) is 15.8. The molecule has 0 bridgehead atoms. The second-order valence-electron chi connectivity index (χ2n) is 7.42. The van der Waals surface area contributed by atoms with Crippen molar-refractivity contribution in [2.45, 2.75) is 0 Å². The van der Waals surface area contributed by atoms with Gasteiger partial charge in [-0.05, 0) is 0 Å². The molecule has 0 saturated heterocycles. The summed E-state index contributed by atoms with van der Waals surface area (Å²) < 4.78 is 0. The molecule has 2 heteroatoms. The average molecular weight is 593 g/mol. The van der Waals surface area contributed by atoms with Crippen LogP contribution in [-0.2, 0) is 23.0 Å². The number of hydrogen-bond acceptors (Lipinski definition) is 0. The van der Waals surface area contributed by atoms with Crippen LogP contribution in [0.1, 0.15) is 2.85 Å². The first kappa shape index (κ1) is 22.4. The Labute approximate surface area is 208 Å². The Bertz CT molecular complexity index is 1220. The molecule has 0 N–H and O–H groups in total. The maximum Gasteiger partial charge on any atom is -0.0809 e. The summed E-state index contributed by atoms with van der Waals surface area (Å²) in [4.78, 5) is 0. The van der Waals surface area contributed by atoms with Crippen LogP contribution in [0.4, 0.5) is 0 Å². The van der Waals surface area contributed by atoms with Crippen LogP contribution >= 0.6 is 0 Å². The fraction of sp³-hybridized carbons (Fsp3) is 0. The van der Waals surface area contributed by atoms with Gasteiger partial charge in [-0.15, -0.1) is 59.3 Å². The third-order valence-corrected chi connectivity index (χ3v) is 13.3. The number of hydrogen-bond donors (Lipinski definition) is 0. The van der Waals surface area contributed by atoms with Gasteiger partial charge in [-0.1, -0.05) is 12.1 Å².